The van der Waals surface area contributed by atoms with E-state index in [1.54, 1.807) is 0 Å². The molecule has 0 radical (unpaired) electrons. The molecular weight excluding hydrogens is 228 g/mol. The predicted octanol–water partition coefficient (Wildman–Crippen LogP) is 2.67. The number of hydrogen-bond acceptors (Lipinski definition) is 2. The molecule has 0 amide bonds. The van der Waals surface area contributed by atoms with Crippen LogP contribution in [0.1, 0.15) is 30.5 Å². The van der Waals surface area contributed by atoms with E-state index >= 15 is 0 Å². The third kappa shape index (κ3) is 2.53. The highest BCUT2D eigenvalue weighted by atomic mass is 79.9. The van der Waals surface area contributed by atoms with Gasteiger partial charge in [0.1, 0.15) is 0 Å². The summed E-state index contributed by atoms with van der Waals surface area (Å²) in [7, 11) is 0. The third-order valence-corrected chi connectivity index (χ3v) is 2.71. The van der Waals surface area contributed by atoms with Crippen molar-refractivity contribution < 1.29 is 0 Å². The summed E-state index contributed by atoms with van der Waals surface area (Å²) >= 11 is 3.44. The maximum absolute atomic E-state index is 5.46. The maximum Gasteiger partial charge on any atom is 0.0460 e. The lowest BCUT2D eigenvalue weighted by Crippen LogP contribution is -2.27. The Hall–Kier alpha value is -0.380. The van der Waals surface area contributed by atoms with Crippen LogP contribution in [0.15, 0.2) is 22.7 Å². The van der Waals surface area contributed by atoms with Gasteiger partial charge in [0.15, 0.2) is 0 Å². The van der Waals surface area contributed by atoms with Crippen LogP contribution in [0, 0.1) is 6.92 Å². The quantitative estimate of drug-likeness (QED) is 0.632. The first-order valence-electron chi connectivity index (χ1n) is 4.41. The number of hydrazine groups is 1. The first-order valence-corrected chi connectivity index (χ1v) is 5.20. The third-order valence-electron chi connectivity index (χ3n) is 2.22. The van der Waals surface area contributed by atoms with E-state index in [0.717, 1.165) is 10.9 Å². The minimum atomic E-state index is 0.257. The standard InChI is InChI=1S/C10H15BrN2/c1-3-10(13-12)9-5-4-8(11)6-7(9)2/h4-6,10,13H,3,12H2,1-2H3. The number of rotatable bonds is 3. The molecule has 13 heavy (non-hydrogen) atoms. The molecule has 1 atom stereocenters. The number of hydrogen-bond donors (Lipinski definition) is 2. The van der Waals surface area contributed by atoms with Crippen molar-refractivity contribution >= 4 is 15.9 Å². The van der Waals surface area contributed by atoms with Crippen LogP contribution in [0.2, 0.25) is 0 Å². The molecule has 1 rings (SSSR count). The van der Waals surface area contributed by atoms with E-state index in [1.165, 1.54) is 11.1 Å². The number of aryl methyl sites for hydroxylation is 1. The fourth-order valence-electron chi connectivity index (χ4n) is 1.46. The van der Waals surface area contributed by atoms with Crippen LogP contribution in [0.5, 0.6) is 0 Å². The summed E-state index contributed by atoms with van der Waals surface area (Å²) in [6.45, 7) is 4.21. The molecule has 72 valence electrons. The second-order valence-corrected chi connectivity index (χ2v) is 4.04. The van der Waals surface area contributed by atoms with E-state index in [-0.39, 0.29) is 6.04 Å². The van der Waals surface area contributed by atoms with Gasteiger partial charge >= 0.3 is 0 Å². The average Bonchev–Trinajstić information content (AvgIpc) is 2.10. The molecule has 0 saturated heterocycles. The molecule has 0 bridgehead atoms. The van der Waals surface area contributed by atoms with E-state index in [2.05, 4.69) is 47.3 Å². The summed E-state index contributed by atoms with van der Waals surface area (Å²) in [5.74, 6) is 5.46. The van der Waals surface area contributed by atoms with Gasteiger partial charge in [-0.25, -0.2) is 0 Å². The van der Waals surface area contributed by atoms with Crippen LogP contribution in [0.4, 0.5) is 0 Å². The Morgan fingerprint density at radius 2 is 2.23 bits per heavy atom. The highest BCUT2D eigenvalue weighted by molar-refractivity contribution is 9.10. The Labute approximate surface area is 87.6 Å². The van der Waals surface area contributed by atoms with E-state index < -0.39 is 0 Å². The monoisotopic (exact) mass is 242 g/mol. The Morgan fingerprint density at radius 3 is 2.69 bits per heavy atom. The lowest BCUT2D eigenvalue weighted by atomic mass is 10.0. The normalized spacial score (nSPS) is 12.9. The van der Waals surface area contributed by atoms with Gasteiger partial charge in [-0.15, -0.1) is 0 Å². The van der Waals surface area contributed by atoms with Gasteiger partial charge in [-0.2, -0.15) is 0 Å². The summed E-state index contributed by atoms with van der Waals surface area (Å²) in [4.78, 5) is 0. The van der Waals surface area contributed by atoms with Crippen LogP contribution < -0.4 is 11.3 Å². The van der Waals surface area contributed by atoms with E-state index in [4.69, 9.17) is 5.84 Å². The van der Waals surface area contributed by atoms with Gasteiger partial charge in [0.25, 0.3) is 0 Å². The smallest absolute Gasteiger partial charge is 0.0460 e. The summed E-state index contributed by atoms with van der Waals surface area (Å²) in [6, 6.07) is 6.51. The van der Waals surface area contributed by atoms with Gasteiger partial charge in [0.05, 0.1) is 0 Å². The number of nitrogens with one attached hydrogen (secondary N) is 1. The Bertz CT molecular complexity index is 282. The molecule has 0 aliphatic carbocycles. The summed E-state index contributed by atoms with van der Waals surface area (Å²) < 4.78 is 1.11. The van der Waals surface area contributed by atoms with Gasteiger partial charge in [-0.3, -0.25) is 11.3 Å². The van der Waals surface area contributed by atoms with Crippen molar-refractivity contribution in [2.75, 3.05) is 0 Å². The second-order valence-electron chi connectivity index (χ2n) is 3.13. The summed E-state index contributed by atoms with van der Waals surface area (Å²) in [6.07, 6.45) is 0.999. The Kier molecular flexibility index (Phi) is 3.90. The highest BCUT2D eigenvalue weighted by Crippen LogP contribution is 2.22. The minimum absolute atomic E-state index is 0.257. The van der Waals surface area contributed by atoms with E-state index in [9.17, 15) is 0 Å². The SMILES string of the molecule is CCC(NN)c1ccc(Br)cc1C. The molecule has 0 fully saturated rings. The fraction of sp³-hybridized carbons (Fsp3) is 0.400. The molecule has 0 saturated carbocycles. The molecule has 0 heterocycles. The zero-order valence-electron chi connectivity index (χ0n) is 7.97. The van der Waals surface area contributed by atoms with Crippen molar-refractivity contribution in [1.29, 1.82) is 0 Å². The van der Waals surface area contributed by atoms with Crippen LogP contribution in [0.25, 0.3) is 0 Å². The minimum Gasteiger partial charge on any atom is -0.271 e. The predicted molar refractivity (Wildman–Crippen MR) is 59.2 cm³/mol. The molecule has 1 aromatic rings. The highest BCUT2D eigenvalue weighted by Gasteiger charge is 2.09. The molecular formula is C10H15BrN2. The van der Waals surface area contributed by atoms with Crippen molar-refractivity contribution in [2.24, 2.45) is 5.84 Å². The molecule has 2 nitrogen and oxygen atoms in total. The first kappa shape index (κ1) is 10.7. The largest absolute Gasteiger partial charge is 0.271 e. The van der Waals surface area contributed by atoms with Crippen molar-refractivity contribution in [1.82, 2.24) is 5.43 Å². The summed E-state index contributed by atoms with van der Waals surface area (Å²) in [5.41, 5.74) is 5.35. The van der Waals surface area contributed by atoms with Crippen molar-refractivity contribution in [3.8, 4) is 0 Å². The molecule has 0 aliphatic heterocycles. The van der Waals surface area contributed by atoms with Crippen molar-refractivity contribution in [3.63, 3.8) is 0 Å². The molecule has 3 heteroatoms. The molecule has 0 aliphatic rings. The second kappa shape index (κ2) is 4.74. The van der Waals surface area contributed by atoms with Crippen LogP contribution >= 0.6 is 15.9 Å². The lowest BCUT2D eigenvalue weighted by Gasteiger charge is -2.16. The topological polar surface area (TPSA) is 38.0 Å². The lowest BCUT2D eigenvalue weighted by molar-refractivity contribution is 0.536. The zero-order chi connectivity index (χ0) is 9.84. The Morgan fingerprint density at radius 1 is 1.54 bits per heavy atom. The van der Waals surface area contributed by atoms with Crippen molar-refractivity contribution in [3.05, 3.63) is 33.8 Å². The van der Waals surface area contributed by atoms with Crippen LogP contribution in [0.3, 0.4) is 0 Å². The summed E-state index contributed by atoms with van der Waals surface area (Å²) in [5, 5.41) is 0. The molecule has 1 aromatic carbocycles. The number of halogens is 1. The average molecular weight is 243 g/mol. The number of nitrogens with two attached hydrogens (primary N) is 1. The first-order chi connectivity index (χ1) is 6.19. The molecule has 0 spiro atoms. The van der Waals surface area contributed by atoms with Crippen LogP contribution in [-0.2, 0) is 0 Å². The zero-order valence-corrected chi connectivity index (χ0v) is 9.56. The van der Waals surface area contributed by atoms with Gasteiger partial charge in [-0.05, 0) is 36.6 Å². The van der Waals surface area contributed by atoms with Gasteiger partial charge in [0.2, 0.25) is 0 Å². The van der Waals surface area contributed by atoms with E-state index in [0.29, 0.717) is 0 Å². The maximum atomic E-state index is 5.46. The van der Waals surface area contributed by atoms with E-state index in [1.807, 2.05) is 6.07 Å². The van der Waals surface area contributed by atoms with Gasteiger partial charge in [-0.1, -0.05) is 28.9 Å². The molecule has 1 unspecified atom stereocenters. The number of benzene rings is 1. The Balaban J connectivity index is 2.99. The van der Waals surface area contributed by atoms with Gasteiger partial charge < -0.3 is 0 Å². The molecule has 3 N–H and O–H groups in total. The van der Waals surface area contributed by atoms with Gasteiger partial charge in [0, 0.05) is 10.5 Å². The fourth-order valence-corrected chi connectivity index (χ4v) is 1.93. The molecule has 0 aromatic heterocycles. The van der Waals surface area contributed by atoms with Crippen LogP contribution in [-0.4, -0.2) is 0 Å². The van der Waals surface area contributed by atoms with Crippen molar-refractivity contribution in [2.45, 2.75) is 26.3 Å².